The molecule has 3 N–H and O–H groups in total. The highest BCUT2D eigenvalue weighted by Gasteiger charge is 2.31. The minimum atomic E-state index is -4.58. The van der Waals surface area contributed by atoms with Gasteiger partial charge in [0.1, 0.15) is 18.2 Å². The van der Waals surface area contributed by atoms with Crippen molar-refractivity contribution in [3.8, 4) is 11.5 Å². The Labute approximate surface area is 275 Å². The predicted molar refractivity (Wildman–Crippen MR) is 169 cm³/mol. The van der Waals surface area contributed by atoms with Crippen LogP contribution in [-0.2, 0) is 31.7 Å². The van der Waals surface area contributed by atoms with Gasteiger partial charge in [-0.05, 0) is 56.4 Å². The zero-order valence-electron chi connectivity index (χ0n) is 25.6. The molecule has 0 spiro atoms. The average molecular weight is 691 g/mol. The number of thiazole rings is 1. The molecular formula is C33H31F5N4O5S. The predicted octanol–water partition coefficient (Wildman–Crippen LogP) is 7.22. The standard InChI is InChI=1S/C33H31F5N4O5S/c1-2-46-17-30(44)39-21-8-6-19(7-9-21)31(45)42-32-41-26-15-24(35)27(16-28(26)48-32)47-22-10-11-23(34)25(14-22)40-29(43)13-18-4-3-5-20(12-18)33(36,37)38/h3-5,10-12,14-16,19,21H,2,6-9,13,17H2,1H3,(H,39,44)(H,40,43)(H,41,42,45). The van der Waals surface area contributed by atoms with Gasteiger partial charge >= 0.3 is 6.18 Å². The summed E-state index contributed by atoms with van der Waals surface area (Å²) in [5, 5.41) is 8.29. The average Bonchev–Trinajstić information content (AvgIpc) is 3.42. The highest BCUT2D eigenvalue weighted by Crippen LogP contribution is 2.36. The number of carbonyl (C=O) groups excluding carboxylic acids is 3. The molecule has 5 rings (SSSR count). The Bertz CT molecular complexity index is 1810. The van der Waals surface area contributed by atoms with Crippen molar-refractivity contribution in [2.45, 2.75) is 51.2 Å². The topological polar surface area (TPSA) is 119 Å². The number of hydrogen-bond donors (Lipinski definition) is 3. The lowest BCUT2D eigenvalue weighted by Gasteiger charge is -2.28. The van der Waals surface area contributed by atoms with Crippen molar-refractivity contribution >= 4 is 50.1 Å². The Balaban J connectivity index is 1.19. The smallest absolute Gasteiger partial charge is 0.416 e. The Morgan fingerprint density at radius 1 is 0.938 bits per heavy atom. The van der Waals surface area contributed by atoms with Crippen LogP contribution in [0.2, 0.25) is 0 Å². The summed E-state index contributed by atoms with van der Waals surface area (Å²) in [6, 6.07) is 10.1. The van der Waals surface area contributed by atoms with Crippen molar-refractivity contribution < 1.29 is 45.8 Å². The second-order valence-corrected chi connectivity index (χ2v) is 12.2. The number of ether oxygens (including phenoxy) is 2. The number of nitrogens with one attached hydrogen (secondary N) is 3. The van der Waals surface area contributed by atoms with Crippen LogP contribution in [0.4, 0.5) is 32.8 Å². The first-order valence-corrected chi connectivity index (χ1v) is 15.9. The zero-order valence-corrected chi connectivity index (χ0v) is 26.4. The van der Waals surface area contributed by atoms with Crippen LogP contribution in [0.3, 0.4) is 0 Å². The lowest BCUT2D eigenvalue weighted by atomic mass is 9.85. The van der Waals surface area contributed by atoms with E-state index in [0.29, 0.717) is 37.0 Å². The molecule has 1 saturated carbocycles. The summed E-state index contributed by atoms with van der Waals surface area (Å²) < 4.78 is 79.8. The minimum absolute atomic E-state index is 0.000122. The van der Waals surface area contributed by atoms with E-state index in [4.69, 9.17) is 9.47 Å². The molecule has 1 fully saturated rings. The number of carbonyl (C=O) groups is 3. The Hall–Kier alpha value is -4.63. The number of benzene rings is 3. The molecule has 0 saturated heterocycles. The summed E-state index contributed by atoms with van der Waals surface area (Å²) in [4.78, 5) is 41.7. The Morgan fingerprint density at radius 3 is 2.44 bits per heavy atom. The maximum absolute atomic E-state index is 15.0. The molecule has 1 heterocycles. The summed E-state index contributed by atoms with van der Waals surface area (Å²) in [5.41, 5.74) is -0.862. The van der Waals surface area contributed by atoms with Gasteiger partial charge in [-0.15, -0.1) is 0 Å². The Morgan fingerprint density at radius 2 is 1.71 bits per heavy atom. The van der Waals surface area contributed by atoms with E-state index in [-0.39, 0.29) is 63.8 Å². The molecule has 0 bridgehead atoms. The zero-order chi connectivity index (χ0) is 34.4. The molecule has 4 aromatic rings. The quantitative estimate of drug-likeness (QED) is 0.143. The fraction of sp³-hybridized carbons (Fsp3) is 0.333. The number of anilines is 2. The van der Waals surface area contributed by atoms with Crippen molar-refractivity contribution in [2.75, 3.05) is 23.8 Å². The maximum Gasteiger partial charge on any atom is 0.416 e. The first kappa shape index (κ1) is 34.7. The van der Waals surface area contributed by atoms with Gasteiger partial charge in [0.2, 0.25) is 17.7 Å². The highest BCUT2D eigenvalue weighted by molar-refractivity contribution is 7.22. The van der Waals surface area contributed by atoms with Gasteiger partial charge in [-0.2, -0.15) is 13.2 Å². The van der Waals surface area contributed by atoms with E-state index in [1.165, 1.54) is 24.3 Å². The van der Waals surface area contributed by atoms with Crippen molar-refractivity contribution in [1.82, 2.24) is 10.3 Å². The van der Waals surface area contributed by atoms with Crippen LogP contribution in [0, 0.1) is 17.6 Å². The molecule has 1 aliphatic carbocycles. The molecule has 48 heavy (non-hydrogen) atoms. The van der Waals surface area contributed by atoms with E-state index in [1.54, 1.807) is 6.92 Å². The molecule has 254 valence electrons. The van der Waals surface area contributed by atoms with Gasteiger partial charge in [0.25, 0.3) is 0 Å². The molecule has 9 nitrogen and oxygen atoms in total. The monoisotopic (exact) mass is 690 g/mol. The van der Waals surface area contributed by atoms with E-state index >= 15 is 4.39 Å². The number of hydrogen-bond acceptors (Lipinski definition) is 7. The lowest BCUT2D eigenvalue weighted by Crippen LogP contribution is -2.41. The summed E-state index contributed by atoms with van der Waals surface area (Å²) >= 11 is 1.11. The Kier molecular flexibility index (Phi) is 10.9. The SMILES string of the molecule is CCOCC(=O)NC1CCC(C(=O)Nc2nc3cc(F)c(Oc4ccc(F)c(NC(=O)Cc5cccc(C(F)(F)F)c5)c4)cc3s2)CC1. The molecule has 1 aliphatic rings. The van der Waals surface area contributed by atoms with Gasteiger partial charge in [-0.25, -0.2) is 13.8 Å². The van der Waals surface area contributed by atoms with E-state index in [1.807, 2.05) is 0 Å². The second kappa shape index (κ2) is 15.1. The summed E-state index contributed by atoms with van der Waals surface area (Å²) in [5.74, 6) is -3.31. The number of aromatic nitrogens is 1. The van der Waals surface area contributed by atoms with Gasteiger partial charge in [0.15, 0.2) is 16.7 Å². The number of amides is 3. The van der Waals surface area contributed by atoms with Crippen LogP contribution in [0.5, 0.6) is 11.5 Å². The number of alkyl halides is 3. The van der Waals surface area contributed by atoms with Gasteiger partial charge < -0.3 is 25.4 Å². The van der Waals surface area contributed by atoms with Crippen molar-refractivity contribution in [2.24, 2.45) is 5.92 Å². The molecule has 1 aromatic heterocycles. The fourth-order valence-electron chi connectivity index (χ4n) is 5.26. The molecule has 0 atom stereocenters. The molecule has 3 amide bonds. The minimum Gasteiger partial charge on any atom is -0.454 e. The van der Waals surface area contributed by atoms with Crippen LogP contribution in [0.25, 0.3) is 10.2 Å². The van der Waals surface area contributed by atoms with Crippen LogP contribution in [-0.4, -0.2) is 42.0 Å². The molecule has 0 unspecified atom stereocenters. The molecule has 0 aliphatic heterocycles. The third-order valence-electron chi connectivity index (χ3n) is 7.63. The number of fused-ring (bicyclic) bond motifs is 1. The fourth-order valence-corrected chi connectivity index (χ4v) is 6.14. The summed E-state index contributed by atoms with van der Waals surface area (Å²) in [6.07, 6.45) is -2.58. The third kappa shape index (κ3) is 9.04. The highest BCUT2D eigenvalue weighted by atomic mass is 32.1. The lowest BCUT2D eigenvalue weighted by molar-refractivity contribution is -0.137. The summed E-state index contributed by atoms with van der Waals surface area (Å²) in [6.45, 7) is 2.25. The van der Waals surface area contributed by atoms with Crippen molar-refractivity contribution in [1.29, 1.82) is 0 Å². The largest absolute Gasteiger partial charge is 0.454 e. The molecule has 3 aromatic carbocycles. The first-order valence-electron chi connectivity index (χ1n) is 15.1. The van der Waals surface area contributed by atoms with E-state index < -0.39 is 35.7 Å². The van der Waals surface area contributed by atoms with Gasteiger partial charge in [-0.3, -0.25) is 14.4 Å². The molecule has 0 radical (unpaired) electrons. The van der Waals surface area contributed by atoms with Gasteiger partial charge in [0.05, 0.1) is 27.9 Å². The van der Waals surface area contributed by atoms with E-state index in [0.717, 1.165) is 41.7 Å². The third-order valence-corrected chi connectivity index (χ3v) is 8.56. The van der Waals surface area contributed by atoms with Crippen LogP contribution >= 0.6 is 11.3 Å². The second-order valence-electron chi connectivity index (χ2n) is 11.2. The maximum atomic E-state index is 15.0. The number of nitrogens with zero attached hydrogens (tertiary/aromatic N) is 1. The van der Waals surface area contributed by atoms with Crippen molar-refractivity contribution in [3.63, 3.8) is 0 Å². The number of rotatable bonds is 11. The van der Waals surface area contributed by atoms with Crippen LogP contribution in [0.1, 0.15) is 43.7 Å². The van der Waals surface area contributed by atoms with Gasteiger partial charge in [-0.1, -0.05) is 29.5 Å². The number of halogens is 5. The van der Waals surface area contributed by atoms with E-state index in [9.17, 15) is 31.9 Å². The molecular weight excluding hydrogens is 659 g/mol. The van der Waals surface area contributed by atoms with Crippen LogP contribution < -0.4 is 20.7 Å². The van der Waals surface area contributed by atoms with Crippen molar-refractivity contribution in [3.05, 3.63) is 77.4 Å². The first-order chi connectivity index (χ1) is 22.9. The van der Waals surface area contributed by atoms with E-state index in [2.05, 4.69) is 20.9 Å². The van der Waals surface area contributed by atoms with Crippen LogP contribution in [0.15, 0.2) is 54.6 Å². The summed E-state index contributed by atoms with van der Waals surface area (Å²) in [7, 11) is 0. The van der Waals surface area contributed by atoms with Gasteiger partial charge in [0, 0.05) is 36.8 Å². The normalized spacial score (nSPS) is 16.4. The molecule has 15 heteroatoms.